The van der Waals surface area contributed by atoms with Crippen molar-refractivity contribution in [3.8, 4) is 0 Å². The van der Waals surface area contributed by atoms with Crippen molar-refractivity contribution in [2.24, 2.45) is 0 Å². The minimum atomic E-state index is -0.211. The van der Waals surface area contributed by atoms with E-state index >= 15 is 0 Å². The average molecular weight is 287 g/mol. The summed E-state index contributed by atoms with van der Waals surface area (Å²) in [6.07, 6.45) is 2.55. The van der Waals surface area contributed by atoms with Crippen molar-refractivity contribution in [2.75, 3.05) is 12.8 Å². The zero-order valence-electron chi connectivity index (χ0n) is 12.7. The molecule has 21 heavy (non-hydrogen) atoms. The molecule has 112 valence electrons. The van der Waals surface area contributed by atoms with Crippen molar-refractivity contribution >= 4 is 5.82 Å². The van der Waals surface area contributed by atoms with Crippen molar-refractivity contribution in [3.63, 3.8) is 0 Å². The Hall–Kier alpha value is -1.94. The smallest absolute Gasteiger partial charge is 0.123 e. The van der Waals surface area contributed by atoms with Crippen LogP contribution in [-0.2, 0) is 11.8 Å². The minimum Gasteiger partial charge on any atom is -0.384 e. The molecule has 3 nitrogen and oxygen atoms in total. The van der Waals surface area contributed by atoms with Crippen LogP contribution in [0.3, 0.4) is 0 Å². The van der Waals surface area contributed by atoms with Crippen LogP contribution >= 0.6 is 0 Å². The molecule has 4 heteroatoms. The van der Waals surface area contributed by atoms with E-state index in [1.165, 1.54) is 12.1 Å². The van der Waals surface area contributed by atoms with Crippen LogP contribution in [-0.4, -0.2) is 18.1 Å². The summed E-state index contributed by atoms with van der Waals surface area (Å²) in [5, 5.41) is 3.37. The first-order chi connectivity index (χ1) is 9.93. The van der Waals surface area contributed by atoms with Gasteiger partial charge in [-0.1, -0.05) is 26.0 Å². The zero-order valence-corrected chi connectivity index (χ0v) is 12.7. The molecule has 0 saturated heterocycles. The predicted molar refractivity (Wildman–Crippen MR) is 84.6 cm³/mol. The lowest BCUT2D eigenvalue weighted by Gasteiger charge is -2.35. The lowest BCUT2D eigenvalue weighted by molar-refractivity contribution is 0.356. The van der Waals surface area contributed by atoms with Gasteiger partial charge in [-0.3, -0.25) is 0 Å². The quantitative estimate of drug-likeness (QED) is 0.889. The second kappa shape index (κ2) is 6.22. The highest BCUT2D eigenvalue weighted by Gasteiger charge is 2.30. The van der Waals surface area contributed by atoms with Crippen LogP contribution in [0.4, 0.5) is 10.2 Å². The van der Waals surface area contributed by atoms with Gasteiger partial charge in [0.15, 0.2) is 0 Å². The fourth-order valence-corrected chi connectivity index (χ4v) is 2.66. The maximum Gasteiger partial charge on any atom is 0.123 e. The number of likely N-dealkylation sites (N-methyl/N-ethyl adjacent to an activating group) is 1. The first-order valence-corrected chi connectivity index (χ1v) is 7.07. The number of aromatic nitrogens is 1. The first kappa shape index (κ1) is 15.4. The summed E-state index contributed by atoms with van der Waals surface area (Å²) in [6.45, 7) is 4.32. The molecular formula is C17H22FN3. The fraction of sp³-hybridized carbons (Fsp3) is 0.353. The number of nitrogens with zero attached hydrogens (tertiary/aromatic N) is 1. The van der Waals surface area contributed by atoms with E-state index in [-0.39, 0.29) is 17.3 Å². The largest absolute Gasteiger partial charge is 0.384 e. The highest BCUT2D eigenvalue weighted by Crippen LogP contribution is 2.29. The SMILES string of the molecule is CNC(Cc1ccnc(N)c1)C(C)(C)c1ccc(F)cc1. The Bertz CT molecular complexity index is 593. The summed E-state index contributed by atoms with van der Waals surface area (Å²) in [5.74, 6) is 0.319. The third-order valence-corrected chi connectivity index (χ3v) is 4.09. The van der Waals surface area contributed by atoms with E-state index < -0.39 is 0 Å². The second-order valence-corrected chi connectivity index (χ2v) is 5.86. The molecular weight excluding hydrogens is 265 g/mol. The van der Waals surface area contributed by atoms with Crippen LogP contribution in [0, 0.1) is 5.82 Å². The van der Waals surface area contributed by atoms with Gasteiger partial charge in [-0.15, -0.1) is 0 Å². The summed E-state index contributed by atoms with van der Waals surface area (Å²) < 4.78 is 13.1. The van der Waals surface area contributed by atoms with E-state index in [0.717, 1.165) is 17.5 Å². The van der Waals surface area contributed by atoms with Gasteiger partial charge in [0.25, 0.3) is 0 Å². The zero-order chi connectivity index (χ0) is 15.5. The van der Waals surface area contributed by atoms with Gasteiger partial charge in [0.2, 0.25) is 0 Å². The number of nitrogens with one attached hydrogen (secondary N) is 1. The Balaban J connectivity index is 2.24. The lowest BCUT2D eigenvalue weighted by atomic mass is 9.75. The monoisotopic (exact) mass is 287 g/mol. The van der Waals surface area contributed by atoms with Gasteiger partial charge in [0.05, 0.1) is 0 Å². The summed E-state index contributed by atoms with van der Waals surface area (Å²) in [7, 11) is 1.94. The Morgan fingerprint density at radius 1 is 1.24 bits per heavy atom. The molecule has 0 aliphatic rings. The highest BCUT2D eigenvalue weighted by molar-refractivity contribution is 5.34. The van der Waals surface area contributed by atoms with E-state index in [9.17, 15) is 4.39 Å². The molecule has 2 rings (SSSR count). The van der Waals surface area contributed by atoms with E-state index in [2.05, 4.69) is 24.1 Å². The Kier molecular flexibility index (Phi) is 4.58. The number of pyridine rings is 1. The van der Waals surface area contributed by atoms with Gasteiger partial charge in [-0.25, -0.2) is 9.37 Å². The number of rotatable bonds is 5. The summed E-state index contributed by atoms with van der Waals surface area (Å²) in [4.78, 5) is 4.02. The molecule has 3 N–H and O–H groups in total. The maximum absolute atomic E-state index is 13.1. The third-order valence-electron chi connectivity index (χ3n) is 4.09. The summed E-state index contributed by atoms with van der Waals surface area (Å²) >= 11 is 0. The van der Waals surface area contributed by atoms with Crippen LogP contribution in [0.2, 0.25) is 0 Å². The third kappa shape index (κ3) is 3.58. The molecule has 0 saturated carbocycles. The topological polar surface area (TPSA) is 50.9 Å². The second-order valence-electron chi connectivity index (χ2n) is 5.86. The fourth-order valence-electron chi connectivity index (χ4n) is 2.66. The maximum atomic E-state index is 13.1. The Morgan fingerprint density at radius 2 is 1.90 bits per heavy atom. The number of anilines is 1. The minimum absolute atomic E-state index is 0.138. The van der Waals surface area contributed by atoms with Crippen molar-refractivity contribution in [3.05, 3.63) is 59.5 Å². The molecule has 0 aliphatic heterocycles. The number of hydrogen-bond acceptors (Lipinski definition) is 3. The number of halogens is 1. The standard InChI is InChI=1S/C17H22FN3/c1-17(2,13-4-6-14(18)7-5-13)15(20-3)10-12-8-9-21-16(19)11-12/h4-9,11,15,20H,10H2,1-3H3,(H2,19,21). The van der Waals surface area contributed by atoms with Gasteiger partial charge < -0.3 is 11.1 Å². The van der Waals surface area contributed by atoms with Crippen molar-refractivity contribution < 1.29 is 4.39 Å². The molecule has 1 aromatic carbocycles. The molecule has 1 aromatic heterocycles. The average Bonchev–Trinajstić information content (AvgIpc) is 2.45. The number of hydrogen-bond donors (Lipinski definition) is 2. The van der Waals surface area contributed by atoms with E-state index in [0.29, 0.717) is 5.82 Å². The number of nitrogen functional groups attached to an aromatic ring is 1. The first-order valence-electron chi connectivity index (χ1n) is 7.07. The molecule has 2 aromatic rings. The molecule has 0 fully saturated rings. The lowest BCUT2D eigenvalue weighted by Crippen LogP contribution is -2.44. The van der Waals surface area contributed by atoms with Gasteiger partial charge in [0.1, 0.15) is 11.6 Å². The van der Waals surface area contributed by atoms with Crippen LogP contribution in [0.5, 0.6) is 0 Å². The molecule has 0 spiro atoms. The van der Waals surface area contributed by atoms with Crippen molar-refractivity contribution in [2.45, 2.75) is 31.7 Å². The van der Waals surface area contributed by atoms with Crippen LogP contribution in [0.15, 0.2) is 42.6 Å². The summed E-state index contributed by atoms with van der Waals surface area (Å²) in [5.41, 5.74) is 7.84. The van der Waals surface area contributed by atoms with Crippen LogP contribution in [0.25, 0.3) is 0 Å². The number of benzene rings is 1. The van der Waals surface area contributed by atoms with Gasteiger partial charge >= 0.3 is 0 Å². The molecule has 0 aliphatic carbocycles. The van der Waals surface area contributed by atoms with Gasteiger partial charge in [0, 0.05) is 17.7 Å². The molecule has 1 heterocycles. The Labute approximate surface area is 125 Å². The van der Waals surface area contributed by atoms with Crippen LogP contribution in [0.1, 0.15) is 25.0 Å². The molecule has 1 unspecified atom stereocenters. The highest BCUT2D eigenvalue weighted by atomic mass is 19.1. The Morgan fingerprint density at radius 3 is 2.48 bits per heavy atom. The van der Waals surface area contributed by atoms with E-state index in [4.69, 9.17) is 5.73 Å². The van der Waals surface area contributed by atoms with Crippen molar-refractivity contribution in [1.29, 1.82) is 0 Å². The van der Waals surface area contributed by atoms with E-state index in [1.807, 2.05) is 31.3 Å². The molecule has 1 atom stereocenters. The van der Waals surface area contributed by atoms with Gasteiger partial charge in [-0.05, 0) is 48.9 Å². The van der Waals surface area contributed by atoms with Gasteiger partial charge in [-0.2, -0.15) is 0 Å². The number of nitrogens with two attached hydrogens (primary N) is 1. The summed E-state index contributed by atoms with van der Waals surface area (Å²) in [6, 6.07) is 10.8. The molecule has 0 bridgehead atoms. The van der Waals surface area contributed by atoms with E-state index in [1.54, 1.807) is 6.20 Å². The molecule has 0 radical (unpaired) electrons. The normalized spacial score (nSPS) is 13.1. The van der Waals surface area contributed by atoms with Crippen LogP contribution < -0.4 is 11.1 Å². The predicted octanol–water partition coefficient (Wildman–Crippen LogP) is 2.91. The molecule has 0 amide bonds. The van der Waals surface area contributed by atoms with Crippen molar-refractivity contribution in [1.82, 2.24) is 10.3 Å².